The Kier molecular flexibility index (Phi) is 8.50. The summed E-state index contributed by atoms with van der Waals surface area (Å²) in [4.78, 5) is 28.1. The molecule has 1 unspecified atom stereocenters. The van der Waals surface area contributed by atoms with Gasteiger partial charge in [0.15, 0.2) is 11.5 Å². The van der Waals surface area contributed by atoms with Crippen molar-refractivity contribution in [3.8, 4) is 11.5 Å². The van der Waals surface area contributed by atoms with Crippen molar-refractivity contribution in [3.63, 3.8) is 0 Å². The fraction of sp³-hybridized carbons (Fsp3) is 0.462. The monoisotopic (exact) mass is 517 g/mol. The largest absolute Gasteiger partial charge is 0.454 e. The van der Waals surface area contributed by atoms with Crippen LogP contribution >= 0.6 is 0 Å². The number of fused-ring (bicyclic) bond motifs is 1. The second-order valence-electron chi connectivity index (χ2n) is 9.68. The van der Waals surface area contributed by atoms with Gasteiger partial charge in [-0.25, -0.2) is 8.42 Å². The first kappa shape index (κ1) is 27.3. The Morgan fingerprint density at radius 3 is 2.36 bits per heavy atom. The van der Waals surface area contributed by atoms with E-state index in [0.29, 0.717) is 23.6 Å². The highest BCUT2D eigenvalue weighted by Crippen LogP contribution is 2.36. The molecule has 1 aliphatic rings. The Labute approximate surface area is 213 Å². The number of carbonyl (C=O) groups is 2. The van der Waals surface area contributed by atoms with E-state index in [-0.39, 0.29) is 25.0 Å². The summed E-state index contributed by atoms with van der Waals surface area (Å²) in [5, 5.41) is 2.91. The molecule has 1 aliphatic heterocycles. The number of anilines is 1. The first-order valence-electron chi connectivity index (χ1n) is 12.0. The van der Waals surface area contributed by atoms with E-state index in [1.807, 2.05) is 51.1 Å². The third-order valence-electron chi connectivity index (χ3n) is 5.77. The first-order valence-corrected chi connectivity index (χ1v) is 13.6. The summed E-state index contributed by atoms with van der Waals surface area (Å²) in [6, 6.07) is 13.6. The molecule has 0 fully saturated rings. The fourth-order valence-electron chi connectivity index (χ4n) is 3.80. The van der Waals surface area contributed by atoms with E-state index in [2.05, 4.69) is 5.32 Å². The molecule has 10 heteroatoms. The van der Waals surface area contributed by atoms with Crippen molar-refractivity contribution >= 4 is 27.5 Å². The van der Waals surface area contributed by atoms with Gasteiger partial charge in [-0.05, 0) is 58.7 Å². The van der Waals surface area contributed by atoms with Crippen molar-refractivity contribution in [2.24, 2.45) is 0 Å². The summed E-state index contributed by atoms with van der Waals surface area (Å²) in [5.74, 6) is -0.0567. The number of amides is 2. The van der Waals surface area contributed by atoms with Crippen LogP contribution in [0.25, 0.3) is 0 Å². The lowest BCUT2D eigenvalue weighted by Gasteiger charge is -2.33. The number of sulfonamides is 1. The van der Waals surface area contributed by atoms with Crippen molar-refractivity contribution in [2.45, 2.75) is 52.6 Å². The molecular formula is C26H35N3O6S. The highest BCUT2D eigenvalue weighted by Gasteiger charge is 2.32. The fourth-order valence-corrected chi connectivity index (χ4v) is 4.86. The van der Waals surface area contributed by atoms with E-state index in [4.69, 9.17) is 9.47 Å². The topological polar surface area (TPSA) is 105 Å². The molecule has 3 rings (SSSR count). The van der Waals surface area contributed by atoms with Gasteiger partial charge in [-0.1, -0.05) is 30.3 Å². The number of benzene rings is 2. The number of carbonyl (C=O) groups excluding carboxylic acids is 2. The van der Waals surface area contributed by atoms with Crippen molar-refractivity contribution in [1.82, 2.24) is 10.2 Å². The quantitative estimate of drug-likeness (QED) is 0.520. The van der Waals surface area contributed by atoms with Gasteiger partial charge < -0.3 is 19.7 Å². The van der Waals surface area contributed by atoms with E-state index < -0.39 is 34.1 Å². The maximum atomic E-state index is 13.6. The molecule has 2 amide bonds. The smallest absolute Gasteiger partial charge is 0.244 e. The molecule has 196 valence electrons. The van der Waals surface area contributed by atoms with E-state index in [9.17, 15) is 18.0 Å². The van der Waals surface area contributed by atoms with Crippen LogP contribution in [0.5, 0.6) is 11.5 Å². The second-order valence-corrected chi connectivity index (χ2v) is 11.9. The van der Waals surface area contributed by atoms with Crippen molar-refractivity contribution in [2.75, 3.05) is 29.9 Å². The normalized spacial score (nSPS) is 13.7. The van der Waals surface area contributed by atoms with Crippen molar-refractivity contribution in [1.29, 1.82) is 0 Å². The second kappa shape index (κ2) is 11.2. The Balaban J connectivity index is 1.89. The van der Waals surface area contributed by atoms with Crippen molar-refractivity contribution in [3.05, 3.63) is 54.1 Å². The number of hydrogen-bond acceptors (Lipinski definition) is 6. The summed E-state index contributed by atoms with van der Waals surface area (Å²) < 4.78 is 37.9. The molecule has 1 heterocycles. The molecule has 0 bridgehead atoms. The molecule has 9 nitrogen and oxygen atoms in total. The minimum atomic E-state index is -3.81. The standard InChI is InChI=1S/C26H35N3O6S/c1-6-36(32,33)29(21-12-13-22-23(16-21)35-18-34-22)17-24(30)28(15-14-20-10-8-7-9-11-20)19(2)25(31)27-26(3,4)5/h7-13,16,19H,6,14-15,17-18H2,1-5H3,(H,27,31). The van der Waals surface area contributed by atoms with Gasteiger partial charge in [0, 0.05) is 18.2 Å². The predicted molar refractivity (Wildman–Crippen MR) is 139 cm³/mol. The molecular weight excluding hydrogens is 482 g/mol. The molecule has 1 atom stereocenters. The van der Waals surface area contributed by atoms with Crippen LogP contribution in [0, 0.1) is 0 Å². The summed E-state index contributed by atoms with van der Waals surface area (Å²) in [5.41, 5.74) is 0.820. The van der Waals surface area contributed by atoms with Gasteiger partial charge in [0.2, 0.25) is 28.6 Å². The molecule has 0 aromatic heterocycles. The van der Waals surface area contributed by atoms with E-state index in [1.54, 1.807) is 25.1 Å². The number of hydrogen-bond donors (Lipinski definition) is 1. The summed E-state index contributed by atoms with van der Waals surface area (Å²) in [6.07, 6.45) is 0.518. The highest BCUT2D eigenvalue weighted by atomic mass is 32.2. The van der Waals surface area contributed by atoms with Crippen LogP contribution in [0.1, 0.15) is 40.2 Å². The zero-order valence-electron chi connectivity index (χ0n) is 21.5. The molecule has 0 spiro atoms. The molecule has 2 aromatic rings. The third kappa shape index (κ3) is 6.90. The van der Waals surface area contributed by atoms with Gasteiger partial charge in [-0.2, -0.15) is 0 Å². The van der Waals surface area contributed by atoms with E-state index in [1.165, 1.54) is 11.8 Å². The first-order chi connectivity index (χ1) is 16.9. The van der Waals surface area contributed by atoms with Crippen LogP contribution in [0.2, 0.25) is 0 Å². The van der Waals surface area contributed by atoms with Gasteiger partial charge in [-0.15, -0.1) is 0 Å². The molecule has 0 radical (unpaired) electrons. The Morgan fingerprint density at radius 2 is 1.72 bits per heavy atom. The van der Waals surface area contributed by atoms with Crippen LogP contribution in [-0.2, 0) is 26.0 Å². The van der Waals surface area contributed by atoms with Crippen LogP contribution in [0.3, 0.4) is 0 Å². The molecule has 1 N–H and O–H groups in total. The molecule has 0 saturated heterocycles. The molecule has 2 aromatic carbocycles. The van der Waals surface area contributed by atoms with Crippen LogP contribution in [0.15, 0.2) is 48.5 Å². The van der Waals surface area contributed by atoms with Crippen LogP contribution in [0.4, 0.5) is 5.69 Å². The SMILES string of the molecule is CCS(=O)(=O)N(CC(=O)N(CCc1ccccc1)C(C)C(=O)NC(C)(C)C)c1ccc2c(c1)OCO2. The highest BCUT2D eigenvalue weighted by molar-refractivity contribution is 7.92. The minimum absolute atomic E-state index is 0.0475. The summed E-state index contributed by atoms with van der Waals surface area (Å²) in [7, 11) is -3.81. The lowest BCUT2D eigenvalue weighted by Crippen LogP contribution is -2.55. The molecule has 0 aliphatic carbocycles. The average molecular weight is 518 g/mol. The Bertz CT molecular complexity index is 1180. The van der Waals surface area contributed by atoms with Gasteiger partial charge in [0.1, 0.15) is 12.6 Å². The average Bonchev–Trinajstić information content (AvgIpc) is 3.30. The Morgan fingerprint density at radius 1 is 1.06 bits per heavy atom. The maximum Gasteiger partial charge on any atom is 0.244 e. The van der Waals surface area contributed by atoms with Crippen molar-refractivity contribution < 1.29 is 27.5 Å². The van der Waals surface area contributed by atoms with E-state index in [0.717, 1.165) is 9.87 Å². The van der Waals surface area contributed by atoms with Gasteiger partial charge >= 0.3 is 0 Å². The number of ether oxygens (including phenoxy) is 2. The lowest BCUT2D eigenvalue weighted by molar-refractivity contribution is -0.139. The molecule has 0 saturated carbocycles. The summed E-state index contributed by atoms with van der Waals surface area (Å²) >= 11 is 0. The number of rotatable bonds is 10. The van der Waals surface area contributed by atoms with Gasteiger partial charge in [0.05, 0.1) is 11.4 Å². The summed E-state index contributed by atoms with van der Waals surface area (Å²) in [6.45, 7) is 8.62. The Hall–Kier alpha value is -3.27. The number of nitrogens with one attached hydrogen (secondary N) is 1. The van der Waals surface area contributed by atoms with Gasteiger partial charge in [-0.3, -0.25) is 13.9 Å². The van der Waals surface area contributed by atoms with Crippen LogP contribution < -0.4 is 19.1 Å². The minimum Gasteiger partial charge on any atom is -0.454 e. The van der Waals surface area contributed by atoms with E-state index >= 15 is 0 Å². The molecule has 36 heavy (non-hydrogen) atoms. The van der Waals surface area contributed by atoms with Gasteiger partial charge in [0.25, 0.3) is 0 Å². The zero-order chi connectivity index (χ0) is 26.5. The number of nitrogens with zero attached hydrogens (tertiary/aromatic N) is 2. The predicted octanol–water partition coefficient (Wildman–Crippen LogP) is 2.95. The lowest BCUT2D eigenvalue weighted by atomic mass is 10.1. The zero-order valence-corrected chi connectivity index (χ0v) is 22.3. The third-order valence-corrected chi connectivity index (χ3v) is 7.51. The maximum absolute atomic E-state index is 13.6. The van der Waals surface area contributed by atoms with Crippen LogP contribution in [-0.4, -0.2) is 62.3 Å².